The largest absolute Gasteiger partial charge is 0.389 e. The summed E-state index contributed by atoms with van der Waals surface area (Å²) < 4.78 is 0. The van der Waals surface area contributed by atoms with Crippen molar-refractivity contribution in [2.24, 2.45) is 5.73 Å². The van der Waals surface area contributed by atoms with Gasteiger partial charge in [-0.25, -0.2) is 0 Å². The molecule has 1 aromatic carbocycles. The molecule has 0 amide bonds. The summed E-state index contributed by atoms with van der Waals surface area (Å²) in [7, 11) is 2.17. The van der Waals surface area contributed by atoms with Gasteiger partial charge >= 0.3 is 0 Å². The highest BCUT2D eigenvalue weighted by Gasteiger charge is 2.20. The first-order valence-corrected chi connectivity index (χ1v) is 7.15. The minimum Gasteiger partial charge on any atom is -0.389 e. The third-order valence-electron chi connectivity index (χ3n) is 3.71. The van der Waals surface area contributed by atoms with E-state index in [4.69, 9.17) is 29.6 Å². The number of thiocarbonyl (C=S) groups is 1. The van der Waals surface area contributed by atoms with Crippen molar-refractivity contribution in [2.75, 3.05) is 7.05 Å². The van der Waals surface area contributed by atoms with Gasteiger partial charge in [0.2, 0.25) is 0 Å². The zero-order valence-electron chi connectivity index (χ0n) is 10.7. The second-order valence-electron chi connectivity index (χ2n) is 5.02. The molecule has 0 radical (unpaired) electrons. The van der Waals surface area contributed by atoms with Gasteiger partial charge in [0.25, 0.3) is 0 Å². The lowest BCUT2D eigenvalue weighted by Crippen LogP contribution is -2.28. The van der Waals surface area contributed by atoms with Crippen molar-refractivity contribution in [1.82, 2.24) is 4.90 Å². The average molecular weight is 283 g/mol. The standard InChI is InChI=1S/C14H19ClN2S/c1-17(12-4-2-3-5-12)9-11-7-6-10(14(16)18)8-13(11)15/h6-8,12H,2-5,9H2,1H3,(H2,16,18). The van der Waals surface area contributed by atoms with Crippen LogP contribution in [0, 0.1) is 0 Å². The lowest BCUT2D eigenvalue weighted by molar-refractivity contribution is 0.237. The summed E-state index contributed by atoms with van der Waals surface area (Å²) in [5.41, 5.74) is 7.58. The highest BCUT2D eigenvalue weighted by Crippen LogP contribution is 2.26. The van der Waals surface area contributed by atoms with Gasteiger partial charge in [-0.3, -0.25) is 4.90 Å². The highest BCUT2D eigenvalue weighted by molar-refractivity contribution is 7.80. The molecule has 1 aliphatic carbocycles. The van der Waals surface area contributed by atoms with E-state index in [0.29, 0.717) is 11.0 Å². The second-order valence-corrected chi connectivity index (χ2v) is 5.87. The Balaban J connectivity index is 2.06. The number of benzene rings is 1. The van der Waals surface area contributed by atoms with Crippen molar-refractivity contribution < 1.29 is 0 Å². The molecule has 0 bridgehead atoms. The molecule has 1 aromatic rings. The van der Waals surface area contributed by atoms with Crippen LogP contribution in [0.3, 0.4) is 0 Å². The van der Waals surface area contributed by atoms with E-state index in [9.17, 15) is 0 Å². The lowest BCUT2D eigenvalue weighted by Gasteiger charge is -2.24. The van der Waals surface area contributed by atoms with E-state index < -0.39 is 0 Å². The van der Waals surface area contributed by atoms with Gasteiger partial charge in [0.15, 0.2) is 0 Å². The van der Waals surface area contributed by atoms with Crippen molar-refractivity contribution in [2.45, 2.75) is 38.3 Å². The Bertz CT molecular complexity index is 441. The van der Waals surface area contributed by atoms with Gasteiger partial charge in [0.1, 0.15) is 4.99 Å². The maximum atomic E-state index is 6.28. The molecule has 2 N–H and O–H groups in total. The van der Waals surface area contributed by atoms with Gasteiger partial charge in [-0.2, -0.15) is 0 Å². The van der Waals surface area contributed by atoms with E-state index in [1.54, 1.807) is 0 Å². The summed E-state index contributed by atoms with van der Waals surface area (Å²) in [6.07, 6.45) is 5.31. The first kappa shape index (κ1) is 13.8. The van der Waals surface area contributed by atoms with Crippen LogP contribution in [0.2, 0.25) is 5.02 Å². The van der Waals surface area contributed by atoms with Crippen molar-refractivity contribution >= 4 is 28.8 Å². The Morgan fingerprint density at radius 2 is 2.11 bits per heavy atom. The molecule has 0 heterocycles. The fourth-order valence-electron chi connectivity index (χ4n) is 2.57. The molecule has 0 unspecified atom stereocenters. The Hall–Kier alpha value is -0.640. The van der Waals surface area contributed by atoms with Crippen molar-refractivity contribution in [1.29, 1.82) is 0 Å². The molecule has 0 atom stereocenters. The molecule has 0 aromatic heterocycles. The van der Waals surface area contributed by atoms with Gasteiger partial charge in [-0.05, 0) is 31.5 Å². The summed E-state index contributed by atoms with van der Waals surface area (Å²) in [6.45, 7) is 0.890. The quantitative estimate of drug-likeness (QED) is 0.859. The maximum Gasteiger partial charge on any atom is 0.104 e. The third-order valence-corrected chi connectivity index (χ3v) is 4.29. The van der Waals surface area contributed by atoms with Crippen LogP contribution >= 0.6 is 23.8 Å². The van der Waals surface area contributed by atoms with Gasteiger partial charge in [0.05, 0.1) is 0 Å². The minimum atomic E-state index is 0.396. The zero-order chi connectivity index (χ0) is 13.1. The number of nitrogens with zero attached hydrogens (tertiary/aromatic N) is 1. The molecular weight excluding hydrogens is 264 g/mol. The van der Waals surface area contributed by atoms with E-state index in [-0.39, 0.29) is 0 Å². The first-order chi connectivity index (χ1) is 8.58. The van der Waals surface area contributed by atoms with Crippen LogP contribution in [0.4, 0.5) is 0 Å². The predicted molar refractivity (Wildman–Crippen MR) is 81.1 cm³/mol. The van der Waals surface area contributed by atoms with Crippen LogP contribution in [-0.2, 0) is 6.54 Å². The molecule has 4 heteroatoms. The normalized spacial score (nSPS) is 16.4. The maximum absolute atomic E-state index is 6.28. The fraction of sp³-hybridized carbons (Fsp3) is 0.500. The van der Waals surface area contributed by atoms with Crippen molar-refractivity contribution in [3.63, 3.8) is 0 Å². The number of nitrogens with two attached hydrogens (primary N) is 1. The summed E-state index contributed by atoms with van der Waals surface area (Å²) in [4.78, 5) is 2.79. The number of rotatable bonds is 4. The molecule has 2 nitrogen and oxygen atoms in total. The molecule has 1 fully saturated rings. The molecule has 0 spiro atoms. The molecule has 0 saturated heterocycles. The number of hydrogen-bond acceptors (Lipinski definition) is 2. The summed E-state index contributed by atoms with van der Waals surface area (Å²) in [5, 5.41) is 0.755. The average Bonchev–Trinajstić information content (AvgIpc) is 2.85. The first-order valence-electron chi connectivity index (χ1n) is 6.36. The van der Waals surface area contributed by atoms with E-state index in [1.807, 2.05) is 18.2 Å². The van der Waals surface area contributed by atoms with Crippen LogP contribution in [0.1, 0.15) is 36.8 Å². The predicted octanol–water partition coefficient (Wildman–Crippen LogP) is 3.35. The van der Waals surface area contributed by atoms with Crippen molar-refractivity contribution in [3.8, 4) is 0 Å². The van der Waals surface area contributed by atoms with Crippen LogP contribution < -0.4 is 5.73 Å². The molecule has 98 valence electrons. The number of hydrogen-bond donors (Lipinski definition) is 1. The van der Waals surface area contributed by atoms with Crippen LogP contribution in [0.25, 0.3) is 0 Å². The van der Waals surface area contributed by atoms with E-state index >= 15 is 0 Å². The summed E-state index contributed by atoms with van der Waals surface area (Å²) in [6, 6.07) is 6.55. The van der Waals surface area contributed by atoms with E-state index in [0.717, 1.165) is 22.7 Å². The SMILES string of the molecule is CN(Cc1ccc(C(N)=S)cc1Cl)C1CCCC1. The van der Waals surface area contributed by atoms with Gasteiger partial charge in [-0.15, -0.1) is 0 Å². The van der Waals surface area contributed by atoms with Crippen LogP contribution in [0.5, 0.6) is 0 Å². The van der Waals surface area contributed by atoms with Gasteiger partial charge in [-0.1, -0.05) is 48.8 Å². The zero-order valence-corrected chi connectivity index (χ0v) is 12.2. The molecule has 2 rings (SSSR count). The minimum absolute atomic E-state index is 0.396. The van der Waals surface area contributed by atoms with E-state index in [1.165, 1.54) is 25.7 Å². The number of halogens is 1. The summed E-state index contributed by atoms with van der Waals surface area (Å²) in [5.74, 6) is 0. The molecule has 0 aliphatic heterocycles. The Morgan fingerprint density at radius 3 is 2.67 bits per heavy atom. The Kier molecular flexibility index (Phi) is 4.60. The Labute approximate surface area is 119 Å². The van der Waals surface area contributed by atoms with E-state index in [2.05, 4.69) is 11.9 Å². The van der Waals surface area contributed by atoms with Crippen LogP contribution in [0.15, 0.2) is 18.2 Å². The molecule has 18 heavy (non-hydrogen) atoms. The molecule has 1 saturated carbocycles. The van der Waals surface area contributed by atoms with Crippen molar-refractivity contribution in [3.05, 3.63) is 34.3 Å². The van der Waals surface area contributed by atoms with Crippen LogP contribution in [-0.4, -0.2) is 23.0 Å². The third kappa shape index (κ3) is 3.22. The lowest BCUT2D eigenvalue weighted by atomic mass is 10.1. The second kappa shape index (κ2) is 6.00. The fourth-order valence-corrected chi connectivity index (χ4v) is 2.94. The summed E-state index contributed by atoms with van der Waals surface area (Å²) >= 11 is 11.2. The molecule has 1 aliphatic rings. The topological polar surface area (TPSA) is 29.3 Å². The van der Waals surface area contributed by atoms with Gasteiger partial charge in [0, 0.05) is 23.2 Å². The molecular formula is C14H19ClN2S. The smallest absolute Gasteiger partial charge is 0.104 e. The van der Waals surface area contributed by atoms with Gasteiger partial charge < -0.3 is 5.73 Å². The Morgan fingerprint density at radius 1 is 1.44 bits per heavy atom. The monoisotopic (exact) mass is 282 g/mol. The highest BCUT2D eigenvalue weighted by atomic mass is 35.5.